The van der Waals surface area contributed by atoms with Crippen molar-refractivity contribution in [3.05, 3.63) is 82.9 Å². The van der Waals surface area contributed by atoms with Gasteiger partial charge in [0.2, 0.25) is 0 Å². The molecule has 1 aliphatic rings. The Morgan fingerprint density at radius 3 is 2.63 bits per heavy atom. The Bertz CT molecular complexity index is 1070. The molecule has 30 heavy (non-hydrogen) atoms. The fourth-order valence-electron chi connectivity index (χ4n) is 4.48. The molecule has 0 bridgehead atoms. The van der Waals surface area contributed by atoms with E-state index in [4.69, 9.17) is 0 Å². The van der Waals surface area contributed by atoms with E-state index in [1.807, 2.05) is 29.1 Å². The number of hydrogen-bond donors (Lipinski definition) is 2. The Kier molecular flexibility index (Phi) is 5.85. The average Bonchev–Trinajstić information content (AvgIpc) is 3.15. The SMILES string of the molecule is CCC1=Cc2c(cnn2-c2ccc(F)cc2)CC1(C)[C@@H](O)CCc1ccccc1S. The van der Waals surface area contributed by atoms with Crippen molar-refractivity contribution in [3.63, 3.8) is 0 Å². The number of thiol groups is 1. The van der Waals surface area contributed by atoms with Gasteiger partial charge in [-0.05, 0) is 73.2 Å². The fraction of sp³-hybridized carbons (Fsp3) is 0.320. The van der Waals surface area contributed by atoms with E-state index in [0.717, 1.165) is 46.7 Å². The third-order valence-electron chi connectivity index (χ3n) is 6.35. The van der Waals surface area contributed by atoms with Gasteiger partial charge < -0.3 is 5.11 Å². The van der Waals surface area contributed by atoms with E-state index >= 15 is 0 Å². The van der Waals surface area contributed by atoms with Crippen LogP contribution in [-0.2, 0) is 12.8 Å². The van der Waals surface area contributed by atoms with Crippen LogP contribution in [0.15, 0.2) is 65.2 Å². The quantitative estimate of drug-likeness (QED) is 0.504. The second-order valence-electron chi connectivity index (χ2n) is 8.24. The first kappa shape index (κ1) is 20.9. The maximum absolute atomic E-state index is 13.3. The van der Waals surface area contributed by atoms with Gasteiger partial charge in [-0.25, -0.2) is 9.07 Å². The molecule has 0 spiro atoms. The van der Waals surface area contributed by atoms with Gasteiger partial charge in [0.15, 0.2) is 0 Å². The van der Waals surface area contributed by atoms with E-state index in [2.05, 4.69) is 43.7 Å². The van der Waals surface area contributed by atoms with Crippen LogP contribution in [-0.4, -0.2) is 21.0 Å². The van der Waals surface area contributed by atoms with Gasteiger partial charge in [0.1, 0.15) is 5.82 Å². The number of nitrogens with zero attached hydrogens (tertiary/aromatic N) is 2. The van der Waals surface area contributed by atoms with Crippen LogP contribution < -0.4 is 0 Å². The Balaban J connectivity index is 1.60. The first-order valence-electron chi connectivity index (χ1n) is 10.4. The summed E-state index contributed by atoms with van der Waals surface area (Å²) in [7, 11) is 0. The molecule has 1 aliphatic carbocycles. The van der Waals surface area contributed by atoms with E-state index in [1.54, 1.807) is 12.1 Å². The lowest BCUT2D eigenvalue weighted by Crippen LogP contribution is -2.38. The minimum Gasteiger partial charge on any atom is -0.392 e. The van der Waals surface area contributed by atoms with Gasteiger partial charge in [-0.2, -0.15) is 5.10 Å². The molecule has 0 amide bonds. The summed E-state index contributed by atoms with van der Waals surface area (Å²) in [6.07, 6.45) is 6.60. The summed E-state index contributed by atoms with van der Waals surface area (Å²) in [6, 6.07) is 14.4. The Labute approximate surface area is 182 Å². The third kappa shape index (κ3) is 3.84. The topological polar surface area (TPSA) is 38.0 Å². The maximum Gasteiger partial charge on any atom is 0.123 e. The molecule has 5 heteroatoms. The summed E-state index contributed by atoms with van der Waals surface area (Å²) >= 11 is 4.54. The predicted octanol–water partition coefficient (Wildman–Crippen LogP) is 5.65. The highest BCUT2D eigenvalue weighted by molar-refractivity contribution is 7.80. The molecule has 0 saturated carbocycles. The first-order valence-corrected chi connectivity index (χ1v) is 10.9. The van der Waals surface area contributed by atoms with Crippen LogP contribution in [0.2, 0.25) is 0 Å². The van der Waals surface area contributed by atoms with Crippen LogP contribution in [0.1, 0.15) is 43.5 Å². The van der Waals surface area contributed by atoms with Gasteiger partial charge in [0, 0.05) is 10.3 Å². The van der Waals surface area contributed by atoms with Gasteiger partial charge in [-0.15, -0.1) is 12.6 Å². The standard InChI is InChI=1S/C25H27FN2OS/c1-3-19-14-22-18(16-27-28(22)21-11-9-20(26)10-12-21)15-25(19,2)24(29)13-8-17-6-4-5-7-23(17)30/h4-7,9-12,14,16,24,29-30H,3,8,13,15H2,1-2H3/t24-,25?/m0/s1. The van der Waals surface area contributed by atoms with Crippen molar-refractivity contribution in [1.82, 2.24) is 9.78 Å². The van der Waals surface area contributed by atoms with Crippen LogP contribution in [0, 0.1) is 11.2 Å². The normalized spacial score (nSPS) is 19.3. The van der Waals surface area contributed by atoms with Crippen molar-refractivity contribution in [2.45, 2.75) is 50.5 Å². The van der Waals surface area contributed by atoms with Crippen molar-refractivity contribution in [1.29, 1.82) is 0 Å². The van der Waals surface area contributed by atoms with Gasteiger partial charge in [-0.3, -0.25) is 0 Å². The largest absolute Gasteiger partial charge is 0.392 e. The third-order valence-corrected chi connectivity index (χ3v) is 6.79. The summed E-state index contributed by atoms with van der Waals surface area (Å²) < 4.78 is 15.2. The number of benzene rings is 2. The van der Waals surface area contributed by atoms with Crippen LogP contribution in [0.25, 0.3) is 11.8 Å². The minimum atomic E-state index is -0.473. The molecule has 0 saturated heterocycles. The molecule has 0 aliphatic heterocycles. The number of aryl methyl sites for hydroxylation is 1. The highest BCUT2D eigenvalue weighted by atomic mass is 32.1. The molecule has 2 atom stereocenters. The molecule has 3 aromatic rings. The Morgan fingerprint density at radius 1 is 1.20 bits per heavy atom. The number of aliphatic hydroxyl groups excluding tert-OH is 1. The molecule has 1 aromatic heterocycles. The summed E-state index contributed by atoms with van der Waals surface area (Å²) in [6.45, 7) is 4.28. The lowest BCUT2D eigenvalue weighted by molar-refractivity contribution is 0.0530. The summed E-state index contributed by atoms with van der Waals surface area (Å²) in [4.78, 5) is 0.965. The summed E-state index contributed by atoms with van der Waals surface area (Å²) in [5.74, 6) is -0.261. The molecule has 1 heterocycles. The Hall–Kier alpha value is -2.37. The minimum absolute atomic E-state index is 0.261. The predicted molar refractivity (Wildman–Crippen MR) is 122 cm³/mol. The number of halogens is 1. The van der Waals surface area contributed by atoms with Crippen molar-refractivity contribution in [3.8, 4) is 5.69 Å². The highest BCUT2D eigenvalue weighted by Gasteiger charge is 2.39. The number of aliphatic hydroxyl groups is 1. The maximum atomic E-state index is 13.3. The second kappa shape index (κ2) is 8.40. The van der Waals surface area contributed by atoms with Crippen molar-refractivity contribution in [2.75, 3.05) is 0 Å². The zero-order chi connectivity index (χ0) is 21.3. The van der Waals surface area contributed by atoms with Crippen molar-refractivity contribution in [2.24, 2.45) is 5.41 Å². The number of aromatic nitrogens is 2. The molecular formula is C25H27FN2OS. The zero-order valence-corrected chi connectivity index (χ0v) is 18.2. The van der Waals surface area contributed by atoms with Crippen LogP contribution in [0.3, 0.4) is 0 Å². The Morgan fingerprint density at radius 2 is 1.93 bits per heavy atom. The molecule has 156 valence electrons. The number of hydrogen-bond acceptors (Lipinski definition) is 3. The highest BCUT2D eigenvalue weighted by Crippen LogP contribution is 2.44. The lowest BCUT2D eigenvalue weighted by atomic mass is 9.67. The van der Waals surface area contributed by atoms with E-state index in [0.29, 0.717) is 6.42 Å². The molecule has 3 nitrogen and oxygen atoms in total. The van der Waals surface area contributed by atoms with Crippen molar-refractivity contribution < 1.29 is 9.50 Å². The second-order valence-corrected chi connectivity index (χ2v) is 8.73. The van der Waals surface area contributed by atoms with Crippen LogP contribution >= 0.6 is 12.6 Å². The summed E-state index contributed by atoms with van der Waals surface area (Å²) in [5.41, 5.74) is 4.98. The lowest BCUT2D eigenvalue weighted by Gasteiger charge is -2.39. The first-order chi connectivity index (χ1) is 14.4. The molecule has 4 rings (SSSR count). The molecule has 1 N–H and O–H groups in total. The number of rotatable bonds is 6. The molecule has 2 aromatic carbocycles. The van der Waals surface area contributed by atoms with E-state index in [-0.39, 0.29) is 11.2 Å². The zero-order valence-electron chi connectivity index (χ0n) is 17.3. The molecular weight excluding hydrogens is 395 g/mol. The van der Waals surface area contributed by atoms with Crippen LogP contribution in [0.5, 0.6) is 0 Å². The van der Waals surface area contributed by atoms with Gasteiger partial charge in [-0.1, -0.05) is 37.6 Å². The fourth-order valence-corrected chi connectivity index (χ4v) is 4.75. The molecule has 0 fully saturated rings. The van der Waals surface area contributed by atoms with Crippen LogP contribution in [0.4, 0.5) is 4.39 Å². The average molecular weight is 423 g/mol. The smallest absolute Gasteiger partial charge is 0.123 e. The van der Waals surface area contributed by atoms with Gasteiger partial charge in [0.05, 0.1) is 23.7 Å². The summed E-state index contributed by atoms with van der Waals surface area (Å²) in [5, 5.41) is 15.8. The molecule has 1 unspecified atom stereocenters. The number of fused-ring (bicyclic) bond motifs is 1. The van der Waals surface area contributed by atoms with Gasteiger partial charge >= 0.3 is 0 Å². The molecule has 0 radical (unpaired) electrons. The van der Waals surface area contributed by atoms with Crippen molar-refractivity contribution >= 4 is 18.7 Å². The monoisotopic (exact) mass is 422 g/mol. The van der Waals surface area contributed by atoms with E-state index in [9.17, 15) is 9.50 Å². The van der Waals surface area contributed by atoms with E-state index in [1.165, 1.54) is 17.7 Å². The van der Waals surface area contributed by atoms with Gasteiger partial charge in [0.25, 0.3) is 0 Å². The van der Waals surface area contributed by atoms with E-state index < -0.39 is 6.10 Å².